The summed E-state index contributed by atoms with van der Waals surface area (Å²) in [5.74, 6) is 1.40. The number of amides is 1. The third kappa shape index (κ3) is 38.8. The summed E-state index contributed by atoms with van der Waals surface area (Å²) >= 11 is 0. The maximum Gasteiger partial charge on any atom is 0.305 e. The lowest BCUT2D eigenvalue weighted by Crippen LogP contribution is -2.41. The summed E-state index contributed by atoms with van der Waals surface area (Å²) in [7, 11) is 4.26. The monoisotopic (exact) mass is 877 g/mol. The van der Waals surface area contributed by atoms with Gasteiger partial charge in [0.05, 0.1) is 13.2 Å². The third-order valence-electron chi connectivity index (χ3n) is 13.2. The number of unbranched alkanes of at least 4 members (excludes halogenated alkanes) is 21. The molecule has 0 aromatic rings. The summed E-state index contributed by atoms with van der Waals surface area (Å²) in [5.41, 5.74) is 0. The van der Waals surface area contributed by atoms with E-state index in [1.165, 1.54) is 141 Å². The summed E-state index contributed by atoms with van der Waals surface area (Å²) < 4.78 is 11.5. The van der Waals surface area contributed by atoms with Gasteiger partial charge in [-0.3, -0.25) is 14.4 Å². The molecule has 0 aliphatic rings. The normalized spacial score (nSPS) is 12.6. The van der Waals surface area contributed by atoms with Crippen molar-refractivity contribution in [3.8, 4) is 0 Å². The molecule has 0 aromatic heterocycles. The van der Waals surface area contributed by atoms with Crippen LogP contribution in [0.1, 0.15) is 279 Å². The Morgan fingerprint density at radius 1 is 0.371 bits per heavy atom. The molecule has 0 radical (unpaired) electrons. The van der Waals surface area contributed by atoms with Gasteiger partial charge in [-0.25, -0.2) is 0 Å². The molecule has 0 spiro atoms. The molecule has 1 amide bonds. The second kappa shape index (κ2) is 45.9. The van der Waals surface area contributed by atoms with Gasteiger partial charge in [0.15, 0.2) is 0 Å². The van der Waals surface area contributed by atoms with Crippen LogP contribution in [0.25, 0.3) is 0 Å². The number of hydrogen-bond acceptors (Lipinski definition) is 6. The topological polar surface area (TPSA) is 76.2 Å². The zero-order chi connectivity index (χ0) is 45.7. The minimum absolute atomic E-state index is 0.00753. The molecule has 0 fully saturated rings. The number of carbonyl (C=O) groups is 3. The smallest absolute Gasteiger partial charge is 0.305 e. The van der Waals surface area contributed by atoms with E-state index < -0.39 is 0 Å². The van der Waals surface area contributed by atoms with Crippen LogP contribution in [-0.4, -0.2) is 74.1 Å². The standard InChI is InChI=1S/C55H108N2O5/c1-8-13-18-20-27-33-43-53(58)57(47-36-46-56(6)7)52(41-31-25-21-23-28-34-44-54(59)61-48-50(37-15-10-3)38-16-11-4)42-32-26-22-24-29-35-45-55(60)62-49-51(39-17-12-5)40-30-19-14-9-2/h50-52H,8-49H2,1-7H3. The Balaban J connectivity index is 4.95. The van der Waals surface area contributed by atoms with Crippen LogP contribution in [0.15, 0.2) is 0 Å². The lowest BCUT2D eigenvalue weighted by Gasteiger charge is -2.33. The molecule has 0 heterocycles. The second-order valence-corrected chi connectivity index (χ2v) is 19.6. The van der Waals surface area contributed by atoms with E-state index in [1.54, 1.807) is 0 Å². The minimum atomic E-state index is -0.0135. The Labute approximate surface area is 387 Å². The highest BCUT2D eigenvalue weighted by atomic mass is 16.5. The van der Waals surface area contributed by atoms with Gasteiger partial charge >= 0.3 is 11.9 Å². The van der Waals surface area contributed by atoms with Crippen LogP contribution in [0.4, 0.5) is 0 Å². The highest BCUT2D eigenvalue weighted by molar-refractivity contribution is 5.76. The molecule has 0 N–H and O–H groups in total. The van der Waals surface area contributed by atoms with Gasteiger partial charge in [-0.15, -0.1) is 0 Å². The molecular formula is C55H108N2O5. The fourth-order valence-corrected chi connectivity index (χ4v) is 8.96. The van der Waals surface area contributed by atoms with Gasteiger partial charge in [-0.05, 0) is 96.7 Å². The quantitative estimate of drug-likeness (QED) is 0.0448. The van der Waals surface area contributed by atoms with E-state index in [1.807, 2.05) is 0 Å². The van der Waals surface area contributed by atoms with Crippen molar-refractivity contribution >= 4 is 17.8 Å². The number of ether oxygens (including phenoxy) is 2. The van der Waals surface area contributed by atoms with E-state index in [4.69, 9.17) is 9.47 Å². The maximum absolute atomic E-state index is 13.9. The molecule has 7 nitrogen and oxygen atoms in total. The molecule has 62 heavy (non-hydrogen) atoms. The zero-order valence-electron chi connectivity index (χ0n) is 42.9. The minimum Gasteiger partial charge on any atom is -0.465 e. The first kappa shape index (κ1) is 60.4. The number of carbonyl (C=O) groups excluding carboxylic acids is 3. The molecule has 0 saturated heterocycles. The van der Waals surface area contributed by atoms with Crippen molar-refractivity contribution in [1.29, 1.82) is 0 Å². The summed E-state index contributed by atoms with van der Waals surface area (Å²) in [4.78, 5) is 43.5. The highest BCUT2D eigenvalue weighted by Gasteiger charge is 2.23. The SMILES string of the molecule is CCCCCCCCC(=O)N(CCCN(C)C)C(CCCCCCCCC(=O)OCC(CCCC)CCCC)CCCCCCCCC(=O)OCC(CCCC)CCCCCC. The van der Waals surface area contributed by atoms with Crippen molar-refractivity contribution in [2.24, 2.45) is 11.8 Å². The molecule has 0 saturated carbocycles. The average molecular weight is 877 g/mol. The molecule has 0 aliphatic heterocycles. The number of rotatable bonds is 48. The maximum atomic E-state index is 13.9. The first-order valence-corrected chi connectivity index (χ1v) is 27.5. The van der Waals surface area contributed by atoms with Crippen molar-refractivity contribution in [3.05, 3.63) is 0 Å². The summed E-state index contributed by atoms with van der Waals surface area (Å²) in [6.07, 6.45) is 42.7. The predicted molar refractivity (Wildman–Crippen MR) is 267 cm³/mol. The van der Waals surface area contributed by atoms with Crippen molar-refractivity contribution in [3.63, 3.8) is 0 Å². The molecular weight excluding hydrogens is 769 g/mol. The molecule has 368 valence electrons. The second-order valence-electron chi connectivity index (χ2n) is 19.6. The van der Waals surface area contributed by atoms with Crippen molar-refractivity contribution < 1.29 is 23.9 Å². The van der Waals surface area contributed by atoms with Crippen molar-refractivity contribution in [1.82, 2.24) is 9.80 Å². The Kier molecular flexibility index (Phi) is 44.7. The first-order valence-electron chi connectivity index (χ1n) is 27.5. The van der Waals surface area contributed by atoms with Crippen LogP contribution in [0.5, 0.6) is 0 Å². The fraction of sp³-hybridized carbons (Fsp3) is 0.945. The van der Waals surface area contributed by atoms with Crippen molar-refractivity contribution in [2.45, 2.75) is 285 Å². The van der Waals surface area contributed by atoms with E-state index in [0.717, 1.165) is 96.6 Å². The fourth-order valence-electron chi connectivity index (χ4n) is 8.96. The van der Waals surface area contributed by atoms with Crippen LogP contribution in [-0.2, 0) is 23.9 Å². The molecule has 0 aliphatic carbocycles. The van der Waals surface area contributed by atoms with E-state index in [-0.39, 0.29) is 11.9 Å². The molecule has 0 bridgehead atoms. The molecule has 2 unspecified atom stereocenters. The van der Waals surface area contributed by atoms with E-state index in [9.17, 15) is 14.4 Å². The van der Waals surface area contributed by atoms with Gasteiger partial charge in [-0.1, -0.05) is 195 Å². The van der Waals surface area contributed by atoms with E-state index >= 15 is 0 Å². The molecule has 0 rings (SSSR count). The van der Waals surface area contributed by atoms with Crippen LogP contribution in [0.3, 0.4) is 0 Å². The lowest BCUT2D eigenvalue weighted by atomic mass is 9.96. The largest absolute Gasteiger partial charge is 0.465 e. The summed E-state index contributed by atoms with van der Waals surface area (Å²) in [6.45, 7) is 14.3. The van der Waals surface area contributed by atoms with Gasteiger partial charge in [0, 0.05) is 31.8 Å². The van der Waals surface area contributed by atoms with Gasteiger partial charge in [0.25, 0.3) is 0 Å². The van der Waals surface area contributed by atoms with Crippen molar-refractivity contribution in [2.75, 3.05) is 40.4 Å². The highest BCUT2D eigenvalue weighted by Crippen LogP contribution is 2.23. The van der Waals surface area contributed by atoms with Crippen LogP contribution >= 0.6 is 0 Å². The first-order chi connectivity index (χ1) is 30.2. The molecule has 7 heteroatoms. The molecule has 2 atom stereocenters. The Morgan fingerprint density at radius 2 is 0.710 bits per heavy atom. The van der Waals surface area contributed by atoms with Gasteiger partial charge in [0.1, 0.15) is 0 Å². The summed E-state index contributed by atoms with van der Waals surface area (Å²) in [5, 5.41) is 0. The average Bonchev–Trinajstić information content (AvgIpc) is 3.26. The van der Waals surface area contributed by atoms with E-state index in [2.05, 4.69) is 58.5 Å². The lowest BCUT2D eigenvalue weighted by molar-refractivity contribution is -0.146. The predicted octanol–water partition coefficient (Wildman–Crippen LogP) is 16.0. The summed E-state index contributed by atoms with van der Waals surface area (Å²) in [6, 6.07) is 0.320. The Morgan fingerprint density at radius 3 is 1.13 bits per heavy atom. The molecule has 0 aromatic carbocycles. The van der Waals surface area contributed by atoms with Crippen LogP contribution in [0, 0.1) is 11.8 Å². The van der Waals surface area contributed by atoms with Gasteiger partial charge < -0.3 is 19.3 Å². The van der Waals surface area contributed by atoms with E-state index in [0.29, 0.717) is 56.3 Å². The van der Waals surface area contributed by atoms with Gasteiger partial charge in [0.2, 0.25) is 5.91 Å². The van der Waals surface area contributed by atoms with Crippen LogP contribution < -0.4 is 0 Å². The van der Waals surface area contributed by atoms with Gasteiger partial charge in [-0.2, -0.15) is 0 Å². The third-order valence-corrected chi connectivity index (χ3v) is 13.2. The number of esters is 2. The zero-order valence-corrected chi connectivity index (χ0v) is 42.9. The number of hydrogen-bond donors (Lipinski definition) is 0. The Hall–Kier alpha value is -1.63. The number of nitrogens with zero attached hydrogens (tertiary/aromatic N) is 2. The Bertz CT molecular complexity index is 981. The van der Waals surface area contributed by atoms with Crippen LogP contribution in [0.2, 0.25) is 0 Å².